The van der Waals surface area contributed by atoms with Crippen LogP contribution in [-0.4, -0.2) is 30.2 Å². The Hall–Kier alpha value is -3.46. The molecule has 1 amide bonds. The van der Waals surface area contributed by atoms with Crippen molar-refractivity contribution in [3.8, 4) is 5.69 Å². The summed E-state index contributed by atoms with van der Waals surface area (Å²) >= 11 is 1.43. The maximum absolute atomic E-state index is 13.0. The topological polar surface area (TPSA) is 109 Å². The van der Waals surface area contributed by atoms with Crippen molar-refractivity contribution in [1.29, 1.82) is 0 Å². The molecule has 31 heavy (non-hydrogen) atoms. The number of para-hydroxylation sites is 2. The predicted molar refractivity (Wildman–Crippen MR) is 118 cm³/mol. The fourth-order valence-electron chi connectivity index (χ4n) is 3.57. The molecule has 0 spiro atoms. The SMILES string of the molecule is NC(=O)Cn1c(CSc2nnc(C3CC3)n2-c2ccccc2)nc2ccccc2c1=O. The van der Waals surface area contributed by atoms with E-state index >= 15 is 0 Å². The van der Waals surface area contributed by atoms with E-state index in [1.165, 1.54) is 16.3 Å². The molecule has 5 rings (SSSR count). The predicted octanol–water partition coefficient (Wildman–Crippen LogP) is 2.63. The number of benzene rings is 2. The summed E-state index contributed by atoms with van der Waals surface area (Å²) in [6, 6.07) is 17.1. The lowest BCUT2D eigenvalue weighted by atomic mass is 10.2. The smallest absolute Gasteiger partial charge is 0.261 e. The van der Waals surface area contributed by atoms with Gasteiger partial charge in [-0.1, -0.05) is 42.1 Å². The molecule has 0 bridgehead atoms. The number of amides is 1. The van der Waals surface area contributed by atoms with Gasteiger partial charge in [0.1, 0.15) is 18.2 Å². The van der Waals surface area contributed by atoms with Crippen LogP contribution in [0.1, 0.15) is 30.4 Å². The normalized spacial score (nSPS) is 13.5. The molecule has 1 fully saturated rings. The summed E-state index contributed by atoms with van der Waals surface area (Å²) < 4.78 is 3.42. The molecule has 8 nitrogen and oxygen atoms in total. The third kappa shape index (κ3) is 3.84. The molecule has 2 heterocycles. The maximum atomic E-state index is 13.0. The molecular formula is C22H20N6O2S. The number of carbonyl (C=O) groups excluding carboxylic acids is 1. The Morgan fingerprint density at radius 1 is 1.06 bits per heavy atom. The Labute approximate surface area is 182 Å². The molecular weight excluding hydrogens is 412 g/mol. The second kappa shape index (κ2) is 7.99. The summed E-state index contributed by atoms with van der Waals surface area (Å²) in [5.41, 5.74) is 6.71. The molecule has 0 radical (unpaired) electrons. The first-order valence-corrected chi connectivity index (χ1v) is 11.0. The Kier molecular flexibility index (Phi) is 5.03. The van der Waals surface area contributed by atoms with E-state index in [0.29, 0.717) is 28.4 Å². The number of hydrogen-bond acceptors (Lipinski definition) is 6. The largest absolute Gasteiger partial charge is 0.368 e. The average Bonchev–Trinajstić information content (AvgIpc) is 3.54. The molecule has 0 saturated heterocycles. The fraction of sp³-hybridized carbons (Fsp3) is 0.227. The van der Waals surface area contributed by atoms with Crippen LogP contribution in [0.4, 0.5) is 0 Å². The highest BCUT2D eigenvalue weighted by Gasteiger charge is 2.31. The molecule has 9 heteroatoms. The molecule has 4 aromatic rings. The third-order valence-corrected chi connectivity index (χ3v) is 6.13. The summed E-state index contributed by atoms with van der Waals surface area (Å²) in [4.78, 5) is 29.2. The van der Waals surface area contributed by atoms with Crippen molar-refractivity contribution in [3.05, 3.63) is 76.6 Å². The zero-order valence-corrected chi connectivity index (χ0v) is 17.5. The highest BCUT2D eigenvalue weighted by Crippen LogP contribution is 2.41. The van der Waals surface area contributed by atoms with E-state index in [4.69, 9.17) is 5.73 Å². The van der Waals surface area contributed by atoms with Gasteiger partial charge in [-0.15, -0.1) is 10.2 Å². The number of primary amides is 1. The summed E-state index contributed by atoms with van der Waals surface area (Å²) in [5, 5.41) is 10.0. The van der Waals surface area contributed by atoms with Crippen molar-refractivity contribution >= 4 is 28.6 Å². The second-order valence-electron chi connectivity index (χ2n) is 7.48. The highest BCUT2D eigenvalue weighted by atomic mass is 32.2. The molecule has 0 aliphatic heterocycles. The van der Waals surface area contributed by atoms with Crippen LogP contribution in [-0.2, 0) is 17.1 Å². The van der Waals surface area contributed by atoms with Gasteiger partial charge in [0.25, 0.3) is 5.56 Å². The van der Waals surface area contributed by atoms with E-state index in [9.17, 15) is 9.59 Å². The van der Waals surface area contributed by atoms with Crippen LogP contribution in [0.25, 0.3) is 16.6 Å². The van der Waals surface area contributed by atoms with Crippen molar-refractivity contribution in [2.45, 2.75) is 36.2 Å². The van der Waals surface area contributed by atoms with Gasteiger partial charge in [0.2, 0.25) is 5.91 Å². The lowest BCUT2D eigenvalue weighted by Crippen LogP contribution is -2.31. The minimum Gasteiger partial charge on any atom is -0.368 e. The number of thioether (sulfide) groups is 1. The van der Waals surface area contributed by atoms with Crippen molar-refractivity contribution in [2.24, 2.45) is 5.73 Å². The van der Waals surface area contributed by atoms with Crippen LogP contribution in [0.3, 0.4) is 0 Å². The van der Waals surface area contributed by atoms with E-state index in [1.54, 1.807) is 18.2 Å². The lowest BCUT2D eigenvalue weighted by Gasteiger charge is -2.13. The van der Waals surface area contributed by atoms with E-state index < -0.39 is 5.91 Å². The fourth-order valence-corrected chi connectivity index (χ4v) is 4.48. The summed E-state index contributed by atoms with van der Waals surface area (Å²) in [5.74, 6) is 1.61. The van der Waals surface area contributed by atoms with Crippen LogP contribution in [0.2, 0.25) is 0 Å². The van der Waals surface area contributed by atoms with Crippen LogP contribution >= 0.6 is 11.8 Å². The number of hydrogen-bond donors (Lipinski definition) is 1. The summed E-state index contributed by atoms with van der Waals surface area (Å²) in [6.45, 7) is -0.217. The number of carbonyl (C=O) groups is 1. The van der Waals surface area contributed by atoms with Gasteiger partial charge in [-0.25, -0.2) is 4.98 Å². The first kappa shape index (κ1) is 19.5. The minimum absolute atomic E-state index is 0.217. The van der Waals surface area contributed by atoms with Crippen LogP contribution in [0, 0.1) is 0 Å². The lowest BCUT2D eigenvalue weighted by molar-refractivity contribution is -0.118. The first-order valence-electron chi connectivity index (χ1n) is 10.0. The van der Waals surface area contributed by atoms with E-state index in [0.717, 1.165) is 29.5 Å². The van der Waals surface area contributed by atoms with Gasteiger partial charge in [-0.3, -0.25) is 18.7 Å². The number of fused-ring (bicyclic) bond motifs is 1. The quantitative estimate of drug-likeness (QED) is 0.450. The van der Waals surface area contributed by atoms with Gasteiger partial charge >= 0.3 is 0 Å². The molecule has 1 aliphatic carbocycles. The van der Waals surface area contributed by atoms with E-state index in [2.05, 4.69) is 19.7 Å². The third-order valence-electron chi connectivity index (χ3n) is 5.20. The number of rotatable bonds is 7. The number of nitrogens with zero attached hydrogens (tertiary/aromatic N) is 5. The van der Waals surface area contributed by atoms with Crippen molar-refractivity contribution in [2.75, 3.05) is 0 Å². The van der Waals surface area contributed by atoms with Gasteiger partial charge in [-0.05, 0) is 37.1 Å². The summed E-state index contributed by atoms with van der Waals surface area (Å²) in [6.07, 6.45) is 2.22. The van der Waals surface area contributed by atoms with Crippen molar-refractivity contribution < 1.29 is 4.79 Å². The highest BCUT2D eigenvalue weighted by molar-refractivity contribution is 7.98. The van der Waals surface area contributed by atoms with Crippen LogP contribution < -0.4 is 11.3 Å². The number of aromatic nitrogens is 5. The van der Waals surface area contributed by atoms with Gasteiger partial charge in [0.05, 0.1) is 16.7 Å². The molecule has 0 unspecified atom stereocenters. The van der Waals surface area contributed by atoms with Crippen molar-refractivity contribution in [3.63, 3.8) is 0 Å². The van der Waals surface area contributed by atoms with Crippen LogP contribution in [0.5, 0.6) is 0 Å². The van der Waals surface area contributed by atoms with Gasteiger partial charge in [0, 0.05) is 11.6 Å². The van der Waals surface area contributed by atoms with E-state index in [-0.39, 0.29) is 12.1 Å². The number of nitrogens with two attached hydrogens (primary N) is 1. The maximum Gasteiger partial charge on any atom is 0.261 e. The molecule has 2 aromatic carbocycles. The zero-order chi connectivity index (χ0) is 21.4. The van der Waals surface area contributed by atoms with Crippen LogP contribution in [0.15, 0.2) is 64.5 Å². The minimum atomic E-state index is -0.589. The second-order valence-corrected chi connectivity index (χ2v) is 8.42. The standard InChI is InChI=1S/C22H20N6O2S/c23-18(29)12-27-19(24-17-9-5-4-8-16(17)21(27)30)13-31-22-26-25-20(14-10-11-14)28(22)15-6-2-1-3-7-15/h1-9,14H,10-13H2,(H2,23,29). The first-order chi connectivity index (χ1) is 15.1. The van der Waals surface area contributed by atoms with E-state index in [1.807, 2.05) is 36.4 Å². The Bertz CT molecular complexity index is 1330. The average molecular weight is 433 g/mol. The van der Waals surface area contributed by atoms with Crippen molar-refractivity contribution in [1.82, 2.24) is 24.3 Å². The molecule has 2 aromatic heterocycles. The molecule has 1 aliphatic rings. The summed E-state index contributed by atoms with van der Waals surface area (Å²) in [7, 11) is 0. The molecule has 0 atom stereocenters. The molecule has 1 saturated carbocycles. The monoisotopic (exact) mass is 432 g/mol. The molecule has 156 valence electrons. The molecule has 2 N–H and O–H groups in total. The Morgan fingerprint density at radius 3 is 2.55 bits per heavy atom. The zero-order valence-electron chi connectivity index (χ0n) is 16.6. The Balaban J connectivity index is 1.53. The van der Waals surface area contributed by atoms with Gasteiger partial charge in [0.15, 0.2) is 5.16 Å². The van der Waals surface area contributed by atoms with Gasteiger partial charge < -0.3 is 5.73 Å². The Morgan fingerprint density at radius 2 is 1.81 bits per heavy atom. The van der Waals surface area contributed by atoms with Gasteiger partial charge in [-0.2, -0.15) is 0 Å².